The van der Waals surface area contributed by atoms with Crippen LogP contribution in [0, 0.1) is 11.3 Å². The molecule has 134 valence electrons. The minimum atomic E-state index is -6.21. The largest absolute Gasteiger partial charge is 0.806 e. The molecule has 4 nitrogen and oxygen atoms in total. The van der Waals surface area contributed by atoms with Crippen LogP contribution in [-0.2, 0) is 29.5 Å². The second-order valence-corrected chi connectivity index (χ2v) is 7.96. The lowest BCUT2D eigenvalue weighted by atomic mass is 9.90. The molecule has 0 aliphatic carbocycles. The van der Waals surface area contributed by atoms with Gasteiger partial charge in [0.2, 0.25) is 0 Å². The fourth-order valence-electron chi connectivity index (χ4n) is 3.01. The van der Waals surface area contributed by atoms with Crippen molar-refractivity contribution < 1.29 is 23.1 Å². The number of fused-ring (bicyclic) bond motifs is 1. The van der Waals surface area contributed by atoms with Crippen molar-refractivity contribution in [1.82, 2.24) is 0 Å². The number of rotatable bonds is 5. The molecule has 0 saturated carbocycles. The molecule has 0 atom stereocenters. The lowest BCUT2D eigenvalue weighted by molar-refractivity contribution is -0.335. The first-order valence-corrected chi connectivity index (χ1v) is 9.96. The Balaban J connectivity index is 3.02. The molecular weight excluding hydrogens is 415 g/mol. The van der Waals surface area contributed by atoms with E-state index >= 15 is 0 Å². The molecule has 2 aromatic carbocycles. The predicted octanol–water partition coefficient (Wildman–Crippen LogP) is 3.76. The Morgan fingerprint density at radius 1 is 1.20 bits per heavy atom. The van der Waals surface area contributed by atoms with Crippen molar-refractivity contribution in [3.63, 3.8) is 0 Å². The van der Waals surface area contributed by atoms with Crippen LogP contribution in [0.5, 0.6) is 0 Å². The highest BCUT2D eigenvalue weighted by Crippen LogP contribution is 2.57. The van der Waals surface area contributed by atoms with Crippen LogP contribution >= 0.6 is 23.5 Å². The molecule has 0 spiro atoms. The lowest BCUT2D eigenvalue weighted by Gasteiger charge is -2.39. The number of hydrogen-bond acceptors (Lipinski definition) is 4. The summed E-state index contributed by atoms with van der Waals surface area (Å²) in [6, 6.07) is 7.08. The van der Waals surface area contributed by atoms with E-state index in [1.165, 1.54) is 0 Å². The summed E-state index contributed by atoms with van der Waals surface area (Å²) < 4.78 is 40.2. The van der Waals surface area contributed by atoms with Crippen molar-refractivity contribution in [2.75, 3.05) is 0 Å². The summed E-state index contributed by atoms with van der Waals surface area (Å²) in [5, 5.41) is 9.99. The molecule has 25 heavy (non-hydrogen) atoms. The van der Waals surface area contributed by atoms with Gasteiger partial charge in [0.15, 0.2) is 0 Å². The molecule has 0 heterocycles. The molecule has 0 saturated heterocycles. The SMILES string of the molecule is CCc1c(Br)c(C(F)(F)P(=O)([O-])[O-])c(CC)c2cc(CC#N)ccc12. The molecular formula is C17H15BrF2NO3P-2. The topological polar surface area (TPSA) is 87.0 Å². The van der Waals surface area contributed by atoms with Gasteiger partial charge in [0.25, 0.3) is 5.66 Å². The molecule has 2 rings (SSSR count). The van der Waals surface area contributed by atoms with Gasteiger partial charge in [-0.15, -0.1) is 0 Å². The normalized spacial score (nSPS) is 12.4. The summed E-state index contributed by atoms with van der Waals surface area (Å²) in [6.45, 7) is 3.37. The zero-order valence-corrected chi connectivity index (χ0v) is 16.1. The number of aryl methyl sites for hydroxylation is 2. The Labute approximate surface area is 152 Å². The molecule has 0 bridgehead atoms. The number of nitrogens with zero attached hydrogens (tertiary/aromatic N) is 1. The van der Waals surface area contributed by atoms with Crippen molar-refractivity contribution in [3.05, 3.63) is 44.9 Å². The summed E-state index contributed by atoms with van der Waals surface area (Å²) in [6.07, 6.45) is 0.577. The average molecular weight is 430 g/mol. The van der Waals surface area contributed by atoms with E-state index in [1.807, 2.05) is 6.07 Å². The van der Waals surface area contributed by atoms with Crippen molar-refractivity contribution in [2.45, 2.75) is 38.8 Å². The molecule has 0 unspecified atom stereocenters. The monoisotopic (exact) mass is 429 g/mol. The molecule has 2 aromatic rings. The molecule has 0 amide bonds. The molecule has 0 N–H and O–H groups in total. The van der Waals surface area contributed by atoms with Crippen LogP contribution in [0.4, 0.5) is 8.78 Å². The van der Waals surface area contributed by atoms with E-state index in [1.54, 1.807) is 32.0 Å². The van der Waals surface area contributed by atoms with E-state index in [9.17, 15) is 23.1 Å². The number of nitriles is 1. The van der Waals surface area contributed by atoms with Crippen molar-refractivity contribution >= 4 is 34.3 Å². The van der Waals surface area contributed by atoms with Crippen LogP contribution in [0.3, 0.4) is 0 Å². The highest BCUT2D eigenvalue weighted by molar-refractivity contribution is 9.10. The minimum Gasteiger partial charge on any atom is -0.806 e. The minimum absolute atomic E-state index is 0.0516. The van der Waals surface area contributed by atoms with E-state index in [-0.39, 0.29) is 22.9 Å². The van der Waals surface area contributed by atoms with Gasteiger partial charge in [0.05, 0.1) is 12.5 Å². The fraction of sp³-hybridized carbons (Fsp3) is 0.353. The van der Waals surface area contributed by atoms with E-state index in [2.05, 4.69) is 15.9 Å². The maximum atomic E-state index is 14.5. The second-order valence-electron chi connectivity index (χ2n) is 5.61. The summed E-state index contributed by atoms with van der Waals surface area (Å²) in [7, 11) is -6.21. The van der Waals surface area contributed by atoms with Crippen molar-refractivity contribution in [2.24, 2.45) is 0 Å². The van der Waals surface area contributed by atoms with Gasteiger partial charge in [-0.25, -0.2) is 0 Å². The first-order chi connectivity index (χ1) is 11.6. The summed E-state index contributed by atoms with van der Waals surface area (Å²) in [5.41, 5.74) is -4.09. The molecule has 0 fully saturated rings. The smallest absolute Gasteiger partial charge is 0.298 e. The van der Waals surface area contributed by atoms with Crippen LogP contribution in [0.1, 0.15) is 36.1 Å². The van der Waals surface area contributed by atoms with Gasteiger partial charge < -0.3 is 14.4 Å². The second kappa shape index (κ2) is 7.13. The van der Waals surface area contributed by atoms with E-state index in [0.717, 1.165) is 0 Å². The van der Waals surface area contributed by atoms with E-state index in [4.69, 9.17) is 5.26 Å². The number of benzene rings is 2. The van der Waals surface area contributed by atoms with E-state index < -0.39 is 18.8 Å². The Morgan fingerprint density at radius 2 is 1.80 bits per heavy atom. The van der Waals surface area contributed by atoms with Gasteiger partial charge in [-0.3, -0.25) is 0 Å². The average Bonchev–Trinajstić information content (AvgIpc) is 2.53. The molecule has 0 radical (unpaired) electrons. The third kappa shape index (κ3) is 3.37. The Morgan fingerprint density at radius 3 is 2.28 bits per heavy atom. The maximum Gasteiger partial charge on any atom is 0.298 e. The first-order valence-electron chi connectivity index (χ1n) is 7.63. The number of halogens is 3. The van der Waals surface area contributed by atoms with Crippen molar-refractivity contribution in [3.8, 4) is 6.07 Å². The van der Waals surface area contributed by atoms with Crippen LogP contribution in [0.2, 0.25) is 0 Å². The Bertz CT molecular complexity index is 918. The highest BCUT2D eigenvalue weighted by Gasteiger charge is 2.41. The van der Waals surface area contributed by atoms with Gasteiger partial charge in [-0.2, -0.15) is 14.0 Å². The Kier molecular flexibility index (Phi) is 5.70. The van der Waals surface area contributed by atoms with Gasteiger partial charge in [0.1, 0.15) is 0 Å². The standard InChI is InChI=1S/C17H17BrF2NO3P/c1-3-11-14-9-10(7-8-21)5-6-13(14)12(4-2)16(18)15(11)17(19,20)25(22,23)24/h5-6,9H,3-4,7H2,1-2H3,(H2,22,23,24)/p-2. The Hall–Kier alpha value is -1.32. The van der Waals surface area contributed by atoms with Gasteiger partial charge in [-0.1, -0.05) is 26.0 Å². The summed E-state index contributed by atoms with van der Waals surface area (Å²) >= 11 is 3.10. The van der Waals surface area contributed by atoms with E-state index in [0.29, 0.717) is 28.3 Å². The van der Waals surface area contributed by atoms with Crippen LogP contribution in [-0.4, -0.2) is 0 Å². The van der Waals surface area contributed by atoms with Crippen LogP contribution in [0.25, 0.3) is 10.8 Å². The van der Waals surface area contributed by atoms with Crippen LogP contribution < -0.4 is 9.79 Å². The van der Waals surface area contributed by atoms with Crippen molar-refractivity contribution in [1.29, 1.82) is 5.26 Å². The summed E-state index contributed by atoms with van der Waals surface area (Å²) in [5.74, 6) is 0. The molecule has 0 aliphatic rings. The lowest BCUT2D eigenvalue weighted by Crippen LogP contribution is -2.31. The number of alkyl halides is 2. The van der Waals surface area contributed by atoms with Crippen LogP contribution in [0.15, 0.2) is 22.7 Å². The zero-order chi connectivity index (χ0) is 19.0. The molecule has 0 aliphatic heterocycles. The quantitative estimate of drug-likeness (QED) is 0.677. The third-order valence-corrected chi connectivity index (χ3v) is 5.94. The maximum absolute atomic E-state index is 14.5. The molecule has 8 heteroatoms. The highest BCUT2D eigenvalue weighted by atomic mass is 79.9. The molecule has 0 aromatic heterocycles. The zero-order valence-electron chi connectivity index (χ0n) is 13.6. The van der Waals surface area contributed by atoms with Gasteiger partial charge >= 0.3 is 0 Å². The summed E-state index contributed by atoms with van der Waals surface area (Å²) in [4.78, 5) is 22.5. The third-order valence-electron chi connectivity index (χ3n) is 4.16. The first kappa shape index (κ1) is 20.0. The predicted molar refractivity (Wildman–Crippen MR) is 91.2 cm³/mol. The number of hydrogen-bond donors (Lipinski definition) is 0. The van der Waals surface area contributed by atoms with Gasteiger partial charge in [0, 0.05) is 17.6 Å². The fourth-order valence-corrected chi connectivity index (χ4v) is 4.66. The van der Waals surface area contributed by atoms with Gasteiger partial charge in [-0.05, 0) is 62.3 Å².